The van der Waals surface area contributed by atoms with Crippen LogP contribution in [-0.4, -0.2) is 25.7 Å². The van der Waals surface area contributed by atoms with Crippen LogP contribution in [0.2, 0.25) is 0 Å². The van der Waals surface area contributed by atoms with Gasteiger partial charge in [-0.05, 0) is 28.8 Å². The molecule has 1 N–H and O–H groups in total. The van der Waals surface area contributed by atoms with Crippen molar-refractivity contribution >= 4 is 5.82 Å². The second kappa shape index (κ2) is 6.14. The number of pyridine rings is 1. The van der Waals surface area contributed by atoms with Crippen LogP contribution < -0.4 is 15.0 Å². The molecule has 0 aliphatic carbocycles. The summed E-state index contributed by atoms with van der Waals surface area (Å²) in [4.78, 5) is 6.42. The summed E-state index contributed by atoms with van der Waals surface area (Å²) in [6.45, 7) is 2.51. The molecule has 0 bridgehead atoms. The Labute approximate surface area is 125 Å². The average molecular weight is 283 g/mol. The standard InChI is InChI=1S/C17H21N3O/c1-20(2)17-6-4-14(12-19-17)11-18-10-13-3-5-16-15(9-13)7-8-21-16/h3-6,9,12,18H,7-8,10-11H2,1-2H3. The lowest BCUT2D eigenvalue weighted by Crippen LogP contribution is -2.14. The zero-order valence-corrected chi connectivity index (χ0v) is 12.6. The number of nitrogens with zero attached hydrogens (tertiary/aromatic N) is 2. The van der Waals surface area contributed by atoms with E-state index < -0.39 is 0 Å². The van der Waals surface area contributed by atoms with Crippen LogP contribution in [0.25, 0.3) is 0 Å². The highest BCUT2D eigenvalue weighted by Crippen LogP contribution is 2.25. The minimum Gasteiger partial charge on any atom is -0.493 e. The Morgan fingerprint density at radius 1 is 1.14 bits per heavy atom. The second-order valence-corrected chi connectivity index (χ2v) is 5.56. The number of anilines is 1. The summed E-state index contributed by atoms with van der Waals surface area (Å²) >= 11 is 0. The van der Waals surface area contributed by atoms with Gasteiger partial charge in [0.25, 0.3) is 0 Å². The molecule has 1 aromatic carbocycles. The van der Waals surface area contributed by atoms with Crippen molar-refractivity contribution in [3.05, 3.63) is 53.2 Å². The smallest absolute Gasteiger partial charge is 0.127 e. The fraction of sp³-hybridized carbons (Fsp3) is 0.353. The summed E-state index contributed by atoms with van der Waals surface area (Å²) in [5.41, 5.74) is 3.83. The Bertz CT molecular complexity index is 608. The molecule has 1 aliphatic heterocycles. The van der Waals surface area contributed by atoms with Crippen LogP contribution in [0.15, 0.2) is 36.5 Å². The number of ether oxygens (including phenoxy) is 1. The summed E-state index contributed by atoms with van der Waals surface area (Å²) in [7, 11) is 4.00. The molecule has 0 saturated heterocycles. The highest BCUT2D eigenvalue weighted by atomic mass is 16.5. The van der Waals surface area contributed by atoms with Crippen molar-refractivity contribution in [3.63, 3.8) is 0 Å². The number of aromatic nitrogens is 1. The van der Waals surface area contributed by atoms with Gasteiger partial charge in [0.05, 0.1) is 6.61 Å². The zero-order chi connectivity index (χ0) is 14.7. The van der Waals surface area contributed by atoms with E-state index in [4.69, 9.17) is 4.74 Å². The lowest BCUT2D eigenvalue weighted by atomic mass is 10.1. The number of fused-ring (bicyclic) bond motifs is 1. The molecule has 2 heterocycles. The Hall–Kier alpha value is -2.07. The molecule has 0 atom stereocenters. The van der Waals surface area contributed by atoms with Gasteiger partial charge < -0.3 is 15.0 Å². The molecule has 0 fully saturated rings. The van der Waals surface area contributed by atoms with E-state index in [1.54, 1.807) is 0 Å². The maximum atomic E-state index is 5.53. The van der Waals surface area contributed by atoms with Gasteiger partial charge in [-0.25, -0.2) is 4.98 Å². The van der Waals surface area contributed by atoms with Crippen LogP contribution in [0.4, 0.5) is 5.82 Å². The normalized spacial score (nSPS) is 12.9. The zero-order valence-electron chi connectivity index (χ0n) is 12.6. The van der Waals surface area contributed by atoms with Crippen LogP contribution in [0.1, 0.15) is 16.7 Å². The molecule has 2 aromatic rings. The van der Waals surface area contributed by atoms with E-state index in [1.165, 1.54) is 16.7 Å². The van der Waals surface area contributed by atoms with Crippen LogP contribution in [0.3, 0.4) is 0 Å². The Morgan fingerprint density at radius 3 is 2.71 bits per heavy atom. The molecule has 4 heteroatoms. The maximum absolute atomic E-state index is 5.53. The van der Waals surface area contributed by atoms with Crippen molar-refractivity contribution < 1.29 is 4.74 Å². The summed E-state index contributed by atoms with van der Waals surface area (Å²) in [6, 6.07) is 10.6. The van der Waals surface area contributed by atoms with Crippen molar-refractivity contribution in [3.8, 4) is 5.75 Å². The SMILES string of the molecule is CN(C)c1ccc(CNCc2ccc3c(c2)CCO3)cn1. The number of hydrogen-bond donors (Lipinski definition) is 1. The van der Waals surface area contributed by atoms with Crippen LogP contribution in [0, 0.1) is 0 Å². The summed E-state index contributed by atoms with van der Waals surface area (Å²) in [5, 5.41) is 3.46. The topological polar surface area (TPSA) is 37.4 Å². The third kappa shape index (κ3) is 3.34. The van der Waals surface area contributed by atoms with E-state index >= 15 is 0 Å². The summed E-state index contributed by atoms with van der Waals surface area (Å²) in [6.07, 6.45) is 2.96. The van der Waals surface area contributed by atoms with Gasteiger partial charge in [-0.1, -0.05) is 18.2 Å². The number of benzene rings is 1. The van der Waals surface area contributed by atoms with Gasteiger partial charge in [0.2, 0.25) is 0 Å². The fourth-order valence-corrected chi connectivity index (χ4v) is 2.49. The molecule has 0 amide bonds. The summed E-state index contributed by atoms with van der Waals surface area (Å²) < 4.78 is 5.53. The first-order valence-corrected chi connectivity index (χ1v) is 7.30. The number of hydrogen-bond acceptors (Lipinski definition) is 4. The molecule has 0 unspecified atom stereocenters. The molecule has 0 spiro atoms. The van der Waals surface area contributed by atoms with Gasteiger partial charge in [0, 0.05) is 39.8 Å². The van der Waals surface area contributed by atoms with Crippen molar-refractivity contribution in [1.82, 2.24) is 10.3 Å². The van der Waals surface area contributed by atoms with Crippen LogP contribution in [0.5, 0.6) is 5.75 Å². The number of rotatable bonds is 5. The van der Waals surface area contributed by atoms with Crippen molar-refractivity contribution in [2.75, 3.05) is 25.6 Å². The lowest BCUT2D eigenvalue weighted by molar-refractivity contribution is 0.357. The van der Waals surface area contributed by atoms with Gasteiger partial charge >= 0.3 is 0 Å². The van der Waals surface area contributed by atoms with Gasteiger partial charge in [0.15, 0.2) is 0 Å². The average Bonchev–Trinajstić information content (AvgIpc) is 2.95. The van der Waals surface area contributed by atoms with Gasteiger partial charge in [-0.2, -0.15) is 0 Å². The molecule has 1 aromatic heterocycles. The largest absolute Gasteiger partial charge is 0.493 e. The van der Waals surface area contributed by atoms with Crippen molar-refractivity contribution in [1.29, 1.82) is 0 Å². The summed E-state index contributed by atoms with van der Waals surface area (Å²) in [5.74, 6) is 2.03. The minimum atomic E-state index is 0.816. The van der Waals surface area contributed by atoms with E-state index in [-0.39, 0.29) is 0 Å². The van der Waals surface area contributed by atoms with E-state index in [0.29, 0.717) is 0 Å². The van der Waals surface area contributed by atoms with Gasteiger partial charge in [-0.3, -0.25) is 0 Å². The molecule has 3 rings (SSSR count). The maximum Gasteiger partial charge on any atom is 0.127 e. The highest BCUT2D eigenvalue weighted by Gasteiger charge is 2.11. The number of nitrogens with one attached hydrogen (secondary N) is 1. The second-order valence-electron chi connectivity index (χ2n) is 5.56. The Kier molecular flexibility index (Phi) is 4.06. The molecule has 21 heavy (non-hydrogen) atoms. The monoisotopic (exact) mass is 283 g/mol. The van der Waals surface area contributed by atoms with Crippen LogP contribution in [-0.2, 0) is 19.5 Å². The van der Waals surface area contributed by atoms with Gasteiger partial charge in [0.1, 0.15) is 11.6 Å². The fourth-order valence-electron chi connectivity index (χ4n) is 2.49. The third-order valence-electron chi connectivity index (χ3n) is 3.68. The van der Waals surface area contributed by atoms with E-state index in [9.17, 15) is 0 Å². The first-order chi connectivity index (χ1) is 10.2. The van der Waals surface area contributed by atoms with E-state index in [1.807, 2.05) is 31.3 Å². The Morgan fingerprint density at radius 2 is 1.95 bits per heavy atom. The molecule has 0 saturated carbocycles. The molecular weight excluding hydrogens is 262 g/mol. The third-order valence-corrected chi connectivity index (χ3v) is 3.68. The van der Waals surface area contributed by atoms with Gasteiger partial charge in [-0.15, -0.1) is 0 Å². The predicted octanol–water partition coefficient (Wildman–Crippen LogP) is 2.37. The quantitative estimate of drug-likeness (QED) is 0.914. The molecular formula is C17H21N3O. The van der Waals surface area contributed by atoms with Crippen LogP contribution >= 0.6 is 0 Å². The molecule has 1 aliphatic rings. The minimum absolute atomic E-state index is 0.816. The highest BCUT2D eigenvalue weighted by molar-refractivity contribution is 5.40. The molecule has 4 nitrogen and oxygen atoms in total. The van der Waals surface area contributed by atoms with E-state index in [2.05, 4.69) is 34.6 Å². The molecule has 110 valence electrons. The Balaban J connectivity index is 1.54. The van der Waals surface area contributed by atoms with Crippen molar-refractivity contribution in [2.45, 2.75) is 19.5 Å². The lowest BCUT2D eigenvalue weighted by Gasteiger charge is -2.11. The first kappa shape index (κ1) is 13.9. The van der Waals surface area contributed by atoms with E-state index in [0.717, 1.165) is 37.7 Å². The van der Waals surface area contributed by atoms with Crippen molar-refractivity contribution in [2.24, 2.45) is 0 Å². The molecule has 0 radical (unpaired) electrons. The predicted molar refractivity (Wildman–Crippen MR) is 84.7 cm³/mol. The first-order valence-electron chi connectivity index (χ1n) is 7.30.